The second-order valence-electron chi connectivity index (χ2n) is 7.10. The first kappa shape index (κ1) is 26.4. The number of benzene rings is 1. The van der Waals surface area contributed by atoms with E-state index in [1.54, 1.807) is 62.5 Å². The lowest BCUT2D eigenvalue weighted by Gasteiger charge is -2.17. The topological polar surface area (TPSA) is 104 Å². The molecule has 0 aliphatic rings. The molecule has 2 rings (SSSR count). The van der Waals surface area contributed by atoms with Gasteiger partial charge in [-0.3, -0.25) is 9.78 Å². The average Bonchev–Trinajstić information content (AvgIpc) is 2.84. The highest BCUT2D eigenvalue weighted by atomic mass is 16.6. The molecule has 34 heavy (non-hydrogen) atoms. The van der Waals surface area contributed by atoms with Gasteiger partial charge in [-0.15, -0.1) is 0 Å². The maximum atomic E-state index is 12.4. The van der Waals surface area contributed by atoms with Gasteiger partial charge >= 0.3 is 11.9 Å². The monoisotopic (exact) mass is 470 g/mol. The van der Waals surface area contributed by atoms with E-state index in [4.69, 9.17) is 18.9 Å². The van der Waals surface area contributed by atoms with Gasteiger partial charge in [-0.1, -0.05) is 12.1 Å². The summed E-state index contributed by atoms with van der Waals surface area (Å²) in [5, 5.41) is 0. The fourth-order valence-electron chi connectivity index (χ4n) is 2.79. The van der Waals surface area contributed by atoms with E-state index in [0.29, 0.717) is 24.5 Å². The Balaban J connectivity index is 2.01. The molecule has 0 atom stereocenters. The summed E-state index contributed by atoms with van der Waals surface area (Å²) in [5.74, 6) is -0.584. The van der Waals surface area contributed by atoms with Crippen molar-refractivity contribution in [3.63, 3.8) is 0 Å². The van der Waals surface area contributed by atoms with Crippen molar-refractivity contribution < 1.29 is 33.3 Å². The molecule has 0 aliphatic carbocycles. The third kappa shape index (κ3) is 9.32. The maximum absolute atomic E-state index is 12.4. The minimum absolute atomic E-state index is 0.142. The number of pyridine rings is 1. The van der Waals surface area contributed by atoms with Gasteiger partial charge < -0.3 is 23.8 Å². The summed E-state index contributed by atoms with van der Waals surface area (Å²) in [5.41, 5.74) is 1.70. The molecule has 182 valence electrons. The van der Waals surface area contributed by atoms with E-state index in [9.17, 15) is 14.4 Å². The van der Waals surface area contributed by atoms with Crippen molar-refractivity contribution in [3.8, 4) is 11.5 Å². The highest BCUT2D eigenvalue weighted by molar-refractivity contribution is 5.91. The van der Waals surface area contributed by atoms with Crippen molar-refractivity contribution >= 4 is 23.9 Å². The molecule has 9 nitrogen and oxygen atoms in total. The predicted molar refractivity (Wildman–Crippen MR) is 125 cm³/mol. The third-order valence-electron chi connectivity index (χ3n) is 4.52. The Bertz CT molecular complexity index is 976. The van der Waals surface area contributed by atoms with Gasteiger partial charge in [0.1, 0.15) is 0 Å². The number of ether oxygens (including phenoxy) is 4. The second-order valence-corrected chi connectivity index (χ2v) is 7.10. The van der Waals surface area contributed by atoms with E-state index in [1.165, 1.54) is 6.08 Å². The first-order valence-corrected chi connectivity index (χ1v) is 11.0. The summed E-state index contributed by atoms with van der Waals surface area (Å²) in [7, 11) is 1.71. The first-order valence-electron chi connectivity index (χ1n) is 11.0. The van der Waals surface area contributed by atoms with Crippen LogP contribution in [0.1, 0.15) is 25.0 Å². The van der Waals surface area contributed by atoms with E-state index in [-0.39, 0.29) is 32.3 Å². The van der Waals surface area contributed by atoms with Crippen LogP contribution in [0.4, 0.5) is 0 Å². The minimum atomic E-state index is -0.519. The van der Waals surface area contributed by atoms with Crippen LogP contribution in [-0.2, 0) is 30.3 Å². The molecule has 0 unspecified atom stereocenters. The lowest BCUT2D eigenvalue weighted by atomic mass is 10.1. The number of rotatable bonds is 13. The Morgan fingerprint density at radius 3 is 2.26 bits per heavy atom. The molecule has 1 aromatic carbocycles. The SMILES string of the molecule is CCOC(=O)COc1ccc(CCN(C)C(=O)C=Cc2cccnc2)cc1OCC(=O)OCC. The Morgan fingerprint density at radius 1 is 0.971 bits per heavy atom. The van der Waals surface area contributed by atoms with E-state index in [2.05, 4.69) is 4.98 Å². The number of likely N-dealkylation sites (N-methyl/N-ethyl adjacent to an activating group) is 1. The molecule has 0 N–H and O–H groups in total. The van der Waals surface area contributed by atoms with E-state index in [1.807, 2.05) is 12.1 Å². The molecule has 0 saturated carbocycles. The second kappa shape index (κ2) is 14.3. The number of esters is 2. The van der Waals surface area contributed by atoms with Crippen LogP contribution >= 0.6 is 0 Å². The van der Waals surface area contributed by atoms with Gasteiger partial charge in [0, 0.05) is 32.1 Å². The van der Waals surface area contributed by atoms with Crippen molar-refractivity contribution in [3.05, 3.63) is 59.9 Å². The number of nitrogens with zero attached hydrogens (tertiary/aromatic N) is 2. The standard InChI is InChI=1S/C25H30N2O7/c1-4-31-24(29)17-33-21-10-8-19(15-22(21)34-18-25(30)32-5-2)12-14-27(3)23(28)11-9-20-7-6-13-26-16-20/h6-11,13,15-16H,4-5,12,14,17-18H2,1-3H3. The molecule has 0 bridgehead atoms. The summed E-state index contributed by atoms with van der Waals surface area (Å²) in [4.78, 5) is 41.3. The Kier molecular flexibility index (Phi) is 11.1. The largest absolute Gasteiger partial charge is 0.478 e. The number of carbonyl (C=O) groups excluding carboxylic acids is 3. The zero-order chi connectivity index (χ0) is 24.8. The molecular formula is C25H30N2O7. The highest BCUT2D eigenvalue weighted by Crippen LogP contribution is 2.29. The summed E-state index contributed by atoms with van der Waals surface area (Å²) < 4.78 is 20.8. The van der Waals surface area contributed by atoms with Crippen molar-refractivity contribution in [2.24, 2.45) is 0 Å². The zero-order valence-electron chi connectivity index (χ0n) is 19.7. The molecule has 1 heterocycles. The Morgan fingerprint density at radius 2 is 1.65 bits per heavy atom. The predicted octanol–water partition coefficient (Wildman–Crippen LogP) is 2.68. The lowest BCUT2D eigenvalue weighted by Crippen LogP contribution is -2.27. The fourth-order valence-corrected chi connectivity index (χ4v) is 2.79. The van der Waals surface area contributed by atoms with Crippen molar-refractivity contribution in [2.45, 2.75) is 20.3 Å². The normalized spacial score (nSPS) is 10.6. The molecule has 0 aliphatic heterocycles. The number of hydrogen-bond donors (Lipinski definition) is 0. The quantitative estimate of drug-likeness (QED) is 0.325. The third-order valence-corrected chi connectivity index (χ3v) is 4.52. The van der Waals surface area contributed by atoms with Crippen LogP contribution < -0.4 is 9.47 Å². The summed E-state index contributed by atoms with van der Waals surface area (Å²) >= 11 is 0. The Labute approximate surface area is 199 Å². The number of aromatic nitrogens is 1. The van der Waals surface area contributed by atoms with Gasteiger partial charge in [-0.05, 0) is 55.7 Å². The number of carbonyl (C=O) groups is 3. The molecule has 9 heteroatoms. The maximum Gasteiger partial charge on any atom is 0.344 e. The molecule has 1 amide bonds. The molecule has 2 aromatic rings. The summed E-state index contributed by atoms with van der Waals surface area (Å²) in [6, 6.07) is 8.83. The molecule has 0 fully saturated rings. The van der Waals surface area contributed by atoms with Crippen LogP contribution in [0.15, 0.2) is 48.8 Å². The average molecular weight is 471 g/mol. The van der Waals surface area contributed by atoms with Crippen molar-refractivity contribution in [1.82, 2.24) is 9.88 Å². The van der Waals surface area contributed by atoms with Crippen LogP contribution in [0.2, 0.25) is 0 Å². The number of amides is 1. The van der Waals surface area contributed by atoms with Crippen LogP contribution in [0, 0.1) is 0 Å². The highest BCUT2D eigenvalue weighted by Gasteiger charge is 2.13. The lowest BCUT2D eigenvalue weighted by molar-refractivity contribution is -0.146. The van der Waals surface area contributed by atoms with Gasteiger partial charge in [0.15, 0.2) is 24.7 Å². The zero-order valence-corrected chi connectivity index (χ0v) is 19.7. The fraction of sp³-hybridized carbons (Fsp3) is 0.360. The molecule has 0 spiro atoms. The summed E-state index contributed by atoms with van der Waals surface area (Å²) in [6.07, 6.45) is 7.09. The van der Waals surface area contributed by atoms with Crippen LogP contribution in [-0.4, -0.2) is 67.7 Å². The van der Waals surface area contributed by atoms with Gasteiger partial charge in [0.05, 0.1) is 13.2 Å². The van der Waals surface area contributed by atoms with E-state index < -0.39 is 11.9 Å². The first-order chi connectivity index (χ1) is 16.4. The van der Waals surface area contributed by atoms with Gasteiger partial charge in [-0.2, -0.15) is 0 Å². The molecule has 1 aromatic heterocycles. The Hall–Kier alpha value is -3.88. The minimum Gasteiger partial charge on any atom is -0.478 e. The van der Waals surface area contributed by atoms with Crippen LogP contribution in [0.25, 0.3) is 6.08 Å². The smallest absolute Gasteiger partial charge is 0.344 e. The van der Waals surface area contributed by atoms with Crippen molar-refractivity contribution in [1.29, 1.82) is 0 Å². The summed E-state index contributed by atoms with van der Waals surface area (Å²) in [6.45, 7) is 3.76. The van der Waals surface area contributed by atoms with Crippen LogP contribution in [0.5, 0.6) is 11.5 Å². The van der Waals surface area contributed by atoms with E-state index >= 15 is 0 Å². The molecule has 0 saturated heterocycles. The van der Waals surface area contributed by atoms with Gasteiger partial charge in [0.25, 0.3) is 0 Å². The molecule has 0 radical (unpaired) electrons. The van der Waals surface area contributed by atoms with E-state index in [0.717, 1.165) is 11.1 Å². The van der Waals surface area contributed by atoms with Gasteiger partial charge in [0.2, 0.25) is 5.91 Å². The van der Waals surface area contributed by atoms with Gasteiger partial charge in [-0.25, -0.2) is 9.59 Å². The number of hydrogen-bond acceptors (Lipinski definition) is 8. The molecular weight excluding hydrogens is 440 g/mol. The van der Waals surface area contributed by atoms with Crippen molar-refractivity contribution in [2.75, 3.05) is 40.0 Å². The van der Waals surface area contributed by atoms with Crippen LogP contribution in [0.3, 0.4) is 0 Å².